The number of aromatic nitrogens is 4. The average Bonchev–Trinajstić information content (AvgIpc) is 3.58. The molecule has 2 aromatic heterocycles. The second kappa shape index (κ2) is 10.4. The zero-order valence-electron chi connectivity index (χ0n) is 19.8. The van der Waals surface area contributed by atoms with Crippen molar-refractivity contribution in [3.63, 3.8) is 0 Å². The number of hydrogen-bond donors (Lipinski definition) is 2. The van der Waals surface area contributed by atoms with E-state index in [0.29, 0.717) is 23.3 Å². The third-order valence-electron chi connectivity index (χ3n) is 5.80. The van der Waals surface area contributed by atoms with Gasteiger partial charge in [0.05, 0.1) is 0 Å². The van der Waals surface area contributed by atoms with Crippen molar-refractivity contribution < 1.29 is 4.79 Å². The van der Waals surface area contributed by atoms with Crippen molar-refractivity contribution in [3.05, 3.63) is 47.2 Å². The van der Waals surface area contributed by atoms with Gasteiger partial charge in [0.2, 0.25) is 0 Å². The van der Waals surface area contributed by atoms with E-state index in [0.717, 1.165) is 71.4 Å². The first-order chi connectivity index (χ1) is 15.9. The lowest BCUT2D eigenvalue weighted by Gasteiger charge is -2.22. The molecule has 0 radical (unpaired) electrons. The molecule has 0 aliphatic heterocycles. The number of anilines is 3. The molecule has 0 atom stereocenters. The van der Waals surface area contributed by atoms with Crippen molar-refractivity contribution in [3.8, 4) is 0 Å². The van der Waals surface area contributed by atoms with E-state index < -0.39 is 0 Å². The predicted molar refractivity (Wildman–Crippen MR) is 134 cm³/mol. The molecule has 33 heavy (non-hydrogen) atoms. The zero-order chi connectivity index (χ0) is 23.4. The second-order valence-corrected chi connectivity index (χ2v) is 9.84. The summed E-state index contributed by atoms with van der Waals surface area (Å²) < 4.78 is 0. The van der Waals surface area contributed by atoms with E-state index in [1.165, 1.54) is 11.8 Å². The molecule has 1 aliphatic carbocycles. The van der Waals surface area contributed by atoms with Crippen LogP contribution in [0.25, 0.3) is 0 Å². The number of aryl methyl sites for hydroxylation is 1. The Bertz CT molecular complexity index is 1110. The number of carbonyl (C=O) groups is 1. The van der Waals surface area contributed by atoms with E-state index in [4.69, 9.17) is 9.97 Å². The van der Waals surface area contributed by atoms with Crippen LogP contribution in [0.15, 0.2) is 40.4 Å². The van der Waals surface area contributed by atoms with Gasteiger partial charge in [-0.15, -0.1) is 0 Å². The third-order valence-corrected chi connectivity index (χ3v) is 6.68. The molecule has 2 heterocycles. The van der Waals surface area contributed by atoms with Gasteiger partial charge in [-0.05, 0) is 62.6 Å². The highest BCUT2D eigenvalue weighted by atomic mass is 32.2. The standard InChI is InChI=1S/C25H32N6OS/c1-5-6-13-31(4)24-17(3)23(26-22-14-16(2)29-30-22)27-25(28-24)33-20-11-7-18(8-12-20)15-21(32)19-9-10-19/h7-8,11-12,14,19H,5-6,9-10,13,15H2,1-4H3,(H2,26,27,28,29,30). The van der Waals surface area contributed by atoms with Gasteiger partial charge in [-0.1, -0.05) is 25.5 Å². The highest BCUT2D eigenvalue weighted by molar-refractivity contribution is 7.99. The number of nitrogens with one attached hydrogen (secondary N) is 2. The van der Waals surface area contributed by atoms with Crippen LogP contribution in [-0.2, 0) is 11.2 Å². The van der Waals surface area contributed by atoms with Gasteiger partial charge in [0, 0.05) is 48.2 Å². The molecule has 0 spiro atoms. The van der Waals surface area contributed by atoms with Gasteiger partial charge in [-0.25, -0.2) is 9.97 Å². The number of Topliss-reactive ketones (excluding diaryl/α,β-unsaturated/α-hetero) is 1. The Morgan fingerprint density at radius 3 is 2.61 bits per heavy atom. The van der Waals surface area contributed by atoms with Crippen molar-refractivity contribution in [2.45, 2.75) is 62.9 Å². The molecule has 4 rings (SSSR count). The van der Waals surface area contributed by atoms with E-state index in [1.807, 2.05) is 44.2 Å². The van der Waals surface area contributed by atoms with Gasteiger partial charge in [-0.3, -0.25) is 9.89 Å². The maximum atomic E-state index is 12.1. The Labute approximate surface area is 199 Å². The van der Waals surface area contributed by atoms with Crippen molar-refractivity contribution in [1.82, 2.24) is 20.2 Å². The van der Waals surface area contributed by atoms with Gasteiger partial charge >= 0.3 is 0 Å². The van der Waals surface area contributed by atoms with Crippen LogP contribution in [0.4, 0.5) is 17.5 Å². The lowest BCUT2D eigenvalue weighted by molar-refractivity contribution is -0.119. The molecule has 0 saturated heterocycles. The molecule has 7 nitrogen and oxygen atoms in total. The van der Waals surface area contributed by atoms with E-state index >= 15 is 0 Å². The lowest BCUT2D eigenvalue weighted by Crippen LogP contribution is -2.21. The van der Waals surface area contributed by atoms with Crippen LogP contribution < -0.4 is 10.2 Å². The first-order valence-electron chi connectivity index (χ1n) is 11.6. The minimum absolute atomic E-state index is 0.298. The summed E-state index contributed by atoms with van der Waals surface area (Å²) in [7, 11) is 2.08. The minimum Gasteiger partial charge on any atom is -0.359 e. The minimum atomic E-state index is 0.298. The zero-order valence-corrected chi connectivity index (χ0v) is 20.6. The summed E-state index contributed by atoms with van der Waals surface area (Å²) in [4.78, 5) is 25.0. The molecule has 1 fully saturated rings. The molecule has 1 aromatic carbocycles. The number of aromatic amines is 1. The Balaban J connectivity index is 1.56. The average molecular weight is 465 g/mol. The Morgan fingerprint density at radius 1 is 1.21 bits per heavy atom. The molecular weight excluding hydrogens is 432 g/mol. The maximum Gasteiger partial charge on any atom is 0.196 e. The summed E-state index contributed by atoms with van der Waals surface area (Å²) in [5.41, 5.74) is 3.05. The van der Waals surface area contributed by atoms with Crippen LogP contribution in [-0.4, -0.2) is 39.5 Å². The van der Waals surface area contributed by atoms with Crippen LogP contribution in [0.3, 0.4) is 0 Å². The van der Waals surface area contributed by atoms with Crippen LogP contribution in [0, 0.1) is 19.8 Å². The number of carbonyl (C=O) groups excluding carboxylic acids is 1. The van der Waals surface area contributed by atoms with Gasteiger partial charge < -0.3 is 10.2 Å². The topological polar surface area (TPSA) is 86.8 Å². The smallest absolute Gasteiger partial charge is 0.196 e. The van der Waals surface area contributed by atoms with Crippen LogP contribution in [0.1, 0.15) is 49.4 Å². The van der Waals surface area contributed by atoms with Gasteiger partial charge in [0.25, 0.3) is 0 Å². The summed E-state index contributed by atoms with van der Waals surface area (Å²) in [5.74, 6) is 3.07. The third kappa shape index (κ3) is 6.13. The number of H-pyrrole nitrogens is 1. The molecular formula is C25H32N6OS. The fourth-order valence-corrected chi connectivity index (χ4v) is 4.41. The molecule has 1 aliphatic rings. The Morgan fingerprint density at radius 2 is 1.97 bits per heavy atom. The molecule has 0 bridgehead atoms. The largest absolute Gasteiger partial charge is 0.359 e. The van der Waals surface area contributed by atoms with Crippen molar-refractivity contribution in [1.29, 1.82) is 0 Å². The molecule has 2 N–H and O–H groups in total. The highest BCUT2D eigenvalue weighted by Gasteiger charge is 2.29. The molecule has 3 aromatic rings. The number of unbranched alkanes of at least 4 members (excludes halogenated alkanes) is 1. The molecule has 8 heteroatoms. The summed E-state index contributed by atoms with van der Waals surface area (Å²) in [6, 6.07) is 10.1. The van der Waals surface area contributed by atoms with Gasteiger partial charge in [0.15, 0.2) is 11.0 Å². The molecule has 174 valence electrons. The number of benzene rings is 1. The molecule has 1 saturated carbocycles. The van der Waals surface area contributed by atoms with Crippen LogP contribution in [0.2, 0.25) is 0 Å². The quantitative estimate of drug-likeness (QED) is 0.364. The molecule has 0 unspecified atom stereocenters. The van der Waals surface area contributed by atoms with Crippen molar-refractivity contribution in [2.24, 2.45) is 5.92 Å². The van der Waals surface area contributed by atoms with Crippen molar-refractivity contribution >= 4 is 35.0 Å². The number of ketones is 1. The monoisotopic (exact) mass is 464 g/mol. The maximum absolute atomic E-state index is 12.1. The SMILES string of the molecule is CCCCN(C)c1nc(Sc2ccc(CC(=O)C3CC3)cc2)nc(Nc2cc(C)[nH]n2)c1C. The van der Waals surface area contributed by atoms with E-state index in [1.54, 1.807) is 0 Å². The highest BCUT2D eigenvalue weighted by Crippen LogP contribution is 2.33. The van der Waals surface area contributed by atoms with Gasteiger partial charge in [0.1, 0.15) is 17.4 Å². The number of nitrogens with zero attached hydrogens (tertiary/aromatic N) is 4. The Hall–Kier alpha value is -2.87. The summed E-state index contributed by atoms with van der Waals surface area (Å²) in [6.07, 6.45) is 4.87. The normalized spacial score (nSPS) is 13.2. The van der Waals surface area contributed by atoms with E-state index in [-0.39, 0.29) is 0 Å². The fraction of sp³-hybridized carbons (Fsp3) is 0.440. The van der Waals surface area contributed by atoms with E-state index in [2.05, 4.69) is 34.4 Å². The van der Waals surface area contributed by atoms with Crippen LogP contribution >= 0.6 is 11.8 Å². The lowest BCUT2D eigenvalue weighted by atomic mass is 10.1. The van der Waals surface area contributed by atoms with Crippen LogP contribution in [0.5, 0.6) is 0 Å². The summed E-state index contributed by atoms with van der Waals surface area (Å²) >= 11 is 1.53. The van der Waals surface area contributed by atoms with E-state index in [9.17, 15) is 4.79 Å². The first-order valence-corrected chi connectivity index (χ1v) is 12.4. The first kappa shape index (κ1) is 23.3. The fourth-order valence-electron chi connectivity index (χ4n) is 3.66. The summed E-state index contributed by atoms with van der Waals surface area (Å²) in [5, 5.41) is 11.3. The van der Waals surface area contributed by atoms with Crippen molar-refractivity contribution in [2.75, 3.05) is 23.8 Å². The predicted octanol–water partition coefficient (Wildman–Crippen LogP) is 5.47. The number of rotatable bonds is 11. The Kier molecular flexibility index (Phi) is 7.33. The summed E-state index contributed by atoms with van der Waals surface area (Å²) in [6.45, 7) is 7.14. The number of hydrogen-bond acceptors (Lipinski definition) is 7. The second-order valence-electron chi connectivity index (χ2n) is 8.80. The van der Waals surface area contributed by atoms with Gasteiger partial charge in [-0.2, -0.15) is 5.10 Å². The molecule has 0 amide bonds.